The van der Waals surface area contributed by atoms with Gasteiger partial charge in [-0.05, 0) is 36.2 Å². The van der Waals surface area contributed by atoms with E-state index < -0.39 is 10.0 Å². The van der Waals surface area contributed by atoms with Gasteiger partial charge in [0.25, 0.3) is 0 Å². The van der Waals surface area contributed by atoms with Gasteiger partial charge in [-0.2, -0.15) is 0 Å². The lowest BCUT2D eigenvalue weighted by Gasteiger charge is -2.04. The molecule has 0 aliphatic rings. The van der Waals surface area contributed by atoms with Crippen LogP contribution in [0, 0.1) is 0 Å². The van der Waals surface area contributed by atoms with E-state index in [4.69, 9.17) is 11.6 Å². The van der Waals surface area contributed by atoms with Gasteiger partial charge >= 0.3 is 0 Å². The number of rotatable bonds is 6. The number of benzene rings is 1. The summed E-state index contributed by atoms with van der Waals surface area (Å²) in [5.74, 6) is 0. The van der Waals surface area contributed by atoms with Crippen molar-refractivity contribution >= 4 is 43.0 Å². The highest BCUT2D eigenvalue weighted by Crippen LogP contribution is 2.30. The Kier molecular flexibility index (Phi) is 4.81. The normalized spacial score (nSPS) is 12.1. The minimum Gasteiger partial charge on any atom is -0.316 e. The van der Waals surface area contributed by atoms with Crippen molar-refractivity contribution < 1.29 is 8.42 Å². The molecule has 104 valence electrons. The number of hydrogen-bond acceptors (Lipinski definition) is 4. The lowest BCUT2D eigenvalue weighted by molar-refractivity contribution is 0.579. The number of likely N-dealkylation sites (N-methyl/N-ethyl adjacent to an activating group) is 1. The molecule has 2 aromatic rings. The molecule has 0 unspecified atom stereocenters. The Bertz CT molecular complexity index is 667. The van der Waals surface area contributed by atoms with Crippen molar-refractivity contribution in [3.63, 3.8) is 0 Å². The van der Waals surface area contributed by atoms with Crippen LogP contribution in [0.25, 0.3) is 10.1 Å². The topological polar surface area (TPSA) is 58.2 Å². The van der Waals surface area contributed by atoms with Crippen LogP contribution in [0.2, 0.25) is 5.02 Å². The van der Waals surface area contributed by atoms with Crippen LogP contribution in [0.4, 0.5) is 0 Å². The zero-order valence-electron chi connectivity index (χ0n) is 10.4. The molecule has 1 aromatic carbocycles. The van der Waals surface area contributed by atoms with E-state index >= 15 is 0 Å². The molecule has 4 nitrogen and oxygen atoms in total. The van der Waals surface area contributed by atoms with E-state index in [0.29, 0.717) is 22.3 Å². The third-order valence-corrected chi connectivity index (χ3v) is 5.85. The van der Waals surface area contributed by atoms with Gasteiger partial charge in [-0.15, -0.1) is 11.3 Å². The number of nitrogens with one attached hydrogen (secondary N) is 2. The number of thiophene rings is 1. The molecule has 0 saturated carbocycles. The first-order valence-corrected chi connectivity index (χ1v) is 8.60. The van der Waals surface area contributed by atoms with Crippen LogP contribution >= 0.6 is 22.9 Å². The lowest BCUT2D eigenvalue weighted by Crippen LogP contribution is -2.31. The number of sulfonamides is 1. The van der Waals surface area contributed by atoms with E-state index in [1.54, 1.807) is 18.2 Å². The van der Waals surface area contributed by atoms with Crippen LogP contribution in [0.3, 0.4) is 0 Å². The fourth-order valence-corrected chi connectivity index (χ4v) is 4.28. The molecule has 0 bridgehead atoms. The summed E-state index contributed by atoms with van der Waals surface area (Å²) in [6.07, 6.45) is 0. The number of halogens is 1. The van der Waals surface area contributed by atoms with Crippen molar-refractivity contribution in [1.82, 2.24) is 10.0 Å². The van der Waals surface area contributed by atoms with Gasteiger partial charge in [0.15, 0.2) is 0 Å². The molecule has 0 aliphatic heterocycles. The third kappa shape index (κ3) is 3.67. The van der Waals surface area contributed by atoms with Crippen molar-refractivity contribution in [2.24, 2.45) is 0 Å². The molecule has 19 heavy (non-hydrogen) atoms. The van der Waals surface area contributed by atoms with E-state index in [9.17, 15) is 8.42 Å². The highest BCUT2D eigenvalue weighted by molar-refractivity contribution is 7.91. The maximum atomic E-state index is 12.1. The summed E-state index contributed by atoms with van der Waals surface area (Å²) in [5, 5.41) is 4.52. The van der Waals surface area contributed by atoms with Crippen molar-refractivity contribution in [2.75, 3.05) is 19.6 Å². The van der Waals surface area contributed by atoms with Crippen LogP contribution < -0.4 is 10.0 Å². The summed E-state index contributed by atoms with van der Waals surface area (Å²) in [6.45, 7) is 3.80. The summed E-state index contributed by atoms with van der Waals surface area (Å²) in [5.41, 5.74) is 0. The van der Waals surface area contributed by atoms with Crippen molar-refractivity contribution in [3.8, 4) is 0 Å². The van der Waals surface area contributed by atoms with Gasteiger partial charge in [-0.25, -0.2) is 13.1 Å². The van der Waals surface area contributed by atoms with Crippen LogP contribution in [0.5, 0.6) is 0 Å². The molecule has 0 saturated heterocycles. The fraction of sp³-hybridized carbons (Fsp3) is 0.333. The molecule has 7 heteroatoms. The maximum Gasteiger partial charge on any atom is 0.250 e. The highest BCUT2D eigenvalue weighted by atomic mass is 35.5. The average molecular weight is 319 g/mol. The molecule has 2 N–H and O–H groups in total. The van der Waals surface area contributed by atoms with Gasteiger partial charge in [0.05, 0.1) is 0 Å². The van der Waals surface area contributed by atoms with E-state index in [0.717, 1.165) is 16.6 Å². The van der Waals surface area contributed by atoms with Gasteiger partial charge in [-0.3, -0.25) is 0 Å². The molecule has 0 aliphatic carbocycles. The Morgan fingerprint density at radius 2 is 2.05 bits per heavy atom. The van der Waals surface area contributed by atoms with Gasteiger partial charge < -0.3 is 5.32 Å². The second-order valence-electron chi connectivity index (χ2n) is 4.00. The average Bonchev–Trinajstić information content (AvgIpc) is 2.78. The van der Waals surface area contributed by atoms with Gasteiger partial charge in [0.1, 0.15) is 4.21 Å². The van der Waals surface area contributed by atoms with Gasteiger partial charge in [0, 0.05) is 22.8 Å². The van der Waals surface area contributed by atoms with Crippen LogP contribution in [-0.4, -0.2) is 28.1 Å². The largest absolute Gasteiger partial charge is 0.316 e. The first-order chi connectivity index (χ1) is 9.03. The minimum absolute atomic E-state index is 0.321. The Morgan fingerprint density at radius 3 is 2.79 bits per heavy atom. The second-order valence-corrected chi connectivity index (χ2v) is 7.51. The summed E-state index contributed by atoms with van der Waals surface area (Å²) in [4.78, 5) is 0. The maximum absolute atomic E-state index is 12.1. The summed E-state index contributed by atoms with van der Waals surface area (Å²) in [6, 6.07) is 7.02. The molecule has 1 heterocycles. The van der Waals surface area contributed by atoms with E-state index in [-0.39, 0.29) is 0 Å². The quantitative estimate of drug-likeness (QED) is 0.804. The van der Waals surface area contributed by atoms with Crippen molar-refractivity contribution in [1.29, 1.82) is 0 Å². The molecular formula is C12H15ClN2O2S2. The predicted molar refractivity (Wildman–Crippen MR) is 80.6 cm³/mol. The molecule has 1 aromatic heterocycles. The van der Waals surface area contributed by atoms with Crippen molar-refractivity contribution in [2.45, 2.75) is 11.1 Å². The summed E-state index contributed by atoms with van der Waals surface area (Å²) < 4.78 is 28.0. The smallest absolute Gasteiger partial charge is 0.250 e. The lowest BCUT2D eigenvalue weighted by atomic mass is 10.3. The fourth-order valence-electron chi connectivity index (χ4n) is 1.64. The molecule has 0 radical (unpaired) electrons. The zero-order chi connectivity index (χ0) is 13.9. The van der Waals surface area contributed by atoms with Crippen molar-refractivity contribution in [3.05, 3.63) is 29.3 Å². The third-order valence-electron chi connectivity index (χ3n) is 2.56. The van der Waals surface area contributed by atoms with Gasteiger partial charge in [0.2, 0.25) is 10.0 Å². The van der Waals surface area contributed by atoms with Crippen LogP contribution in [0.1, 0.15) is 6.92 Å². The Hall–Kier alpha value is -0.660. The monoisotopic (exact) mass is 318 g/mol. The minimum atomic E-state index is -3.43. The molecule has 0 atom stereocenters. The molecule has 0 spiro atoms. The van der Waals surface area contributed by atoms with Gasteiger partial charge in [-0.1, -0.05) is 18.5 Å². The molecule has 0 fully saturated rings. The standard InChI is InChI=1S/C12H15ClN2O2S2/c1-2-14-5-6-15-19(16,17)12-8-9-7-10(13)3-4-11(9)18-12/h3-4,7-8,14-15H,2,5-6H2,1H3. The van der Waals surface area contributed by atoms with E-state index in [1.807, 2.05) is 13.0 Å². The first kappa shape index (κ1) is 14.7. The van der Waals surface area contributed by atoms with E-state index in [1.165, 1.54) is 11.3 Å². The summed E-state index contributed by atoms with van der Waals surface area (Å²) in [7, 11) is -3.43. The van der Waals surface area contributed by atoms with E-state index in [2.05, 4.69) is 10.0 Å². The Balaban J connectivity index is 2.18. The Morgan fingerprint density at radius 1 is 1.26 bits per heavy atom. The number of fused-ring (bicyclic) bond motifs is 1. The molecule has 2 rings (SSSR count). The first-order valence-electron chi connectivity index (χ1n) is 5.92. The highest BCUT2D eigenvalue weighted by Gasteiger charge is 2.16. The zero-order valence-corrected chi connectivity index (χ0v) is 12.8. The number of hydrogen-bond donors (Lipinski definition) is 2. The SMILES string of the molecule is CCNCCNS(=O)(=O)c1cc2cc(Cl)ccc2s1. The Labute approximate surface area is 121 Å². The van der Waals surface area contributed by atoms with Crippen LogP contribution in [0.15, 0.2) is 28.5 Å². The molecule has 0 amide bonds. The predicted octanol–water partition coefficient (Wildman–Crippen LogP) is 2.44. The second kappa shape index (κ2) is 6.19. The van der Waals surface area contributed by atoms with Crippen LogP contribution in [-0.2, 0) is 10.0 Å². The summed E-state index contributed by atoms with van der Waals surface area (Å²) >= 11 is 7.14. The molecular weight excluding hydrogens is 304 g/mol.